The van der Waals surface area contributed by atoms with Crippen molar-refractivity contribution < 1.29 is 38.1 Å². The first-order valence-electron chi connectivity index (χ1n) is 15.4. The van der Waals surface area contributed by atoms with E-state index in [0.29, 0.717) is 38.6 Å². The number of aromatic carboxylic acids is 1. The average Bonchev–Trinajstić information content (AvgIpc) is 3.55. The van der Waals surface area contributed by atoms with E-state index in [9.17, 15) is 19.5 Å². The molecular weight excluding hydrogens is 671 g/mol. The molecule has 2 amide bonds. The molecule has 1 aliphatic rings. The van der Waals surface area contributed by atoms with Crippen LogP contribution in [-0.2, 0) is 0 Å². The highest BCUT2D eigenvalue weighted by molar-refractivity contribution is 6.34. The van der Waals surface area contributed by atoms with E-state index < -0.39 is 11.9 Å². The van der Waals surface area contributed by atoms with E-state index in [-0.39, 0.29) is 41.0 Å². The van der Waals surface area contributed by atoms with Gasteiger partial charge < -0.3 is 34.4 Å². The Morgan fingerprint density at radius 3 is 2.00 bits per heavy atom. The molecule has 0 saturated heterocycles. The van der Waals surface area contributed by atoms with Crippen LogP contribution in [0.15, 0.2) is 108 Å². The summed E-state index contributed by atoms with van der Waals surface area (Å²) in [6, 6.07) is 27.9. The van der Waals surface area contributed by atoms with E-state index in [2.05, 4.69) is 10.6 Å². The van der Waals surface area contributed by atoms with Crippen LogP contribution in [0.25, 0.3) is 0 Å². The standard InChI is InChI=1S/C37H30Cl2N2O8/c38-23-19-24(39)21-30(20-23)48-34-18-17-33(49-34)36(43)40-25-7-11-27(12-8-25)47-29-15-13-28(14-16-29)46-26-9-5-22(6-10-26)35(42)41-32-4-2-1-3-31(32)37(44)45/h1-6,9-10,13-21,25,27H,7-8,11-12H2,(H,40,43)(H,41,42)(H,44,45). The Bertz CT molecular complexity index is 1930. The zero-order valence-corrected chi connectivity index (χ0v) is 27.4. The molecule has 4 aromatic carbocycles. The summed E-state index contributed by atoms with van der Waals surface area (Å²) in [5.41, 5.74) is 0.580. The van der Waals surface area contributed by atoms with Gasteiger partial charge in [0.1, 0.15) is 23.0 Å². The Kier molecular flexibility index (Phi) is 10.4. The van der Waals surface area contributed by atoms with Crippen molar-refractivity contribution in [2.24, 2.45) is 0 Å². The topological polar surface area (TPSA) is 136 Å². The van der Waals surface area contributed by atoms with Crippen LogP contribution in [0.1, 0.15) is 57.0 Å². The quantitative estimate of drug-likeness (QED) is 0.124. The Balaban J connectivity index is 0.938. The first-order chi connectivity index (χ1) is 23.7. The second-order valence-electron chi connectivity index (χ2n) is 11.3. The minimum absolute atomic E-state index is 0.00853. The maximum Gasteiger partial charge on any atom is 0.337 e. The van der Waals surface area contributed by atoms with E-state index in [1.54, 1.807) is 78.9 Å². The number of benzene rings is 4. The Morgan fingerprint density at radius 2 is 1.33 bits per heavy atom. The van der Waals surface area contributed by atoms with Crippen molar-refractivity contribution in [1.29, 1.82) is 0 Å². The molecule has 12 heteroatoms. The van der Waals surface area contributed by atoms with Crippen molar-refractivity contribution in [2.75, 3.05) is 5.32 Å². The van der Waals surface area contributed by atoms with Crippen LogP contribution in [0.4, 0.5) is 5.69 Å². The Morgan fingerprint density at radius 1 is 0.694 bits per heavy atom. The highest BCUT2D eigenvalue weighted by Gasteiger charge is 2.25. The van der Waals surface area contributed by atoms with Crippen molar-refractivity contribution in [3.05, 3.63) is 130 Å². The summed E-state index contributed by atoms with van der Waals surface area (Å²) in [7, 11) is 0. The molecule has 6 rings (SSSR count). The maximum atomic E-state index is 12.8. The number of halogens is 2. The van der Waals surface area contributed by atoms with E-state index in [1.807, 2.05) is 12.1 Å². The zero-order chi connectivity index (χ0) is 34.3. The lowest BCUT2D eigenvalue weighted by molar-refractivity contribution is 0.0697. The molecule has 1 heterocycles. The lowest BCUT2D eigenvalue weighted by Crippen LogP contribution is -2.39. The van der Waals surface area contributed by atoms with Crippen molar-refractivity contribution in [3.8, 4) is 28.9 Å². The maximum absolute atomic E-state index is 12.8. The lowest BCUT2D eigenvalue weighted by Gasteiger charge is -2.29. The second-order valence-corrected chi connectivity index (χ2v) is 12.2. The summed E-state index contributed by atoms with van der Waals surface area (Å²) in [6.07, 6.45) is 3.06. The van der Waals surface area contributed by atoms with E-state index in [0.717, 1.165) is 25.7 Å². The first kappa shape index (κ1) is 33.5. The second kappa shape index (κ2) is 15.2. The van der Waals surface area contributed by atoms with Crippen LogP contribution >= 0.6 is 23.2 Å². The number of hydrogen-bond donors (Lipinski definition) is 3. The Labute approximate surface area is 291 Å². The summed E-state index contributed by atoms with van der Waals surface area (Å²) < 4.78 is 23.3. The summed E-state index contributed by atoms with van der Waals surface area (Å²) in [5, 5.41) is 15.8. The number of carbonyl (C=O) groups is 3. The number of rotatable bonds is 11. The van der Waals surface area contributed by atoms with Crippen molar-refractivity contribution in [2.45, 2.75) is 37.8 Å². The largest absolute Gasteiger partial charge is 0.490 e. The molecular formula is C37H30Cl2N2O8. The van der Waals surface area contributed by atoms with E-state index in [4.69, 9.17) is 41.8 Å². The fraction of sp³-hybridized carbons (Fsp3) is 0.162. The third-order valence-electron chi connectivity index (χ3n) is 7.75. The van der Waals surface area contributed by atoms with Gasteiger partial charge in [-0.05, 0) is 111 Å². The molecule has 0 atom stereocenters. The van der Waals surface area contributed by atoms with Crippen LogP contribution in [0.2, 0.25) is 10.0 Å². The molecule has 5 aromatic rings. The molecule has 0 aliphatic heterocycles. The number of carboxylic acid groups (broad SMARTS) is 1. The normalized spacial score (nSPS) is 15.6. The van der Waals surface area contributed by atoms with Gasteiger partial charge in [0.15, 0.2) is 5.76 Å². The number of furan rings is 1. The molecule has 0 bridgehead atoms. The number of para-hydroxylation sites is 1. The molecule has 250 valence electrons. The Hall–Kier alpha value is -5.45. The number of amides is 2. The lowest BCUT2D eigenvalue weighted by atomic mass is 9.93. The number of nitrogens with one attached hydrogen (secondary N) is 2. The van der Waals surface area contributed by atoms with Gasteiger partial charge in [0.25, 0.3) is 17.8 Å². The molecule has 1 fully saturated rings. The van der Waals surface area contributed by atoms with E-state index in [1.165, 1.54) is 12.1 Å². The van der Waals surface area contributed by atoms with Crippen molar-refractivity contribution in [3.63, 3.8) is 0 Å². The van der Waals surface area contributed by atoms with Gasteiger partial charge in [-0.3, -0.25) is 9.59 Å². The molecule has 1 aliphatic carbocycles. The molecule has 1 saturated carbocycles. The molecule has 49 heavy (non-hydrogen) atoms. The summed E-state index contributed by atoms with van der Waals surface area (Å²) in [5.74, 6) is 0.641. The van der Waals surface area contributed by atoms with Gasteiger partial charge in [0, 0.05) is 27.7 Å². The zero-order valence-electron chi connectivity index (χ0n) is 25.9. The minimum atomic E-state index is -1.12. The highest BCUT2D eigenvalue weighted by atomic mass is 35.5. The molecule has 0 radical (unpaired) electrons. The number of carbonyl (C=O) groups excluding carboxylic acids is 2. The third-order valence-corrected chi connectivity index (χ3v) is 8.19. The average molecular weight is 702 g/mol. The van der Waals surface area contributed by atoms with Gasteiger partial charge >= 0.3 is 5.97 Å². The summed E-state index contributed by atoms with van der Waals surface area (Å²) in [6.45, 7) is 0. The van der Waals surface area contributed by atoms with Gasteiger partial charge in [-0.15, -0.1) is 0 Å². The molecule has 0 spiro atoms. The van der Waals surface area contributed by atoms with Gasteiger partial charge in [-0.2, -0.15) is 0 Å². The first-order valence-corrected chi connectivity index (χ1v) is 16.2. The molecule has 0 unspecified atom stereocenters. The minimum Gasteiger partial charge on any atom is -0.490 e. The third kappa shape index (κ3) is 8.92. The van der Waals surface area contributed by atoms with Crippen LogP contribution in [-0.4, -0.2) is 35.0 Å². The SMILES string of the molecule is O=C(Nc1ccccc1C(=O)O)c1ccc(Oc2ccc(OC3CCC(NC(=O)c4ccc(Oc5cc(Cl)cc(Cl)c5)o4)CC3)cc2)cc1. The molecule has 10 nitrogen and oxygen atoms in total. The summed E-state index contributed by atoms with van der Waals surface area (Å²) >= 11 is 12.0. The van der Waals surface area contributed by atoms with Crippen LogP contribution in [0.5, 0.6) is 28.9 Å². The van der Waals surface area contributed by atoms with Crippen molar-refractivity contribution >= 4 is 46.7 Å². The van der Waals surface area contributed by atoms with Crippen LogP contribution in [0.3, 0.4) is 0 Å². The number of anilines is 1. The fourth-order valence-corrected chi connectivity index (χ4v) is 5.85. The van der Waals surface area contributed by atoms with Crippen molar-refractivity contribution in [1.82, 2.24) is 5.32 Å². The smallest absolute Gasteiger partial charge is 0.337 e. The monoisotopic (exact) mass is 700 g/mol. The van der Waals surface area contributed by atoms with E-state index >= 15 is 0 Å². The predicted molar refractivity (Wildman–Crippen MR) is 184 cm³/mol. The van der Waals surface area contributed by atoms with Gasteiger partial charge in [-0.25, -0.2) is 4.79 Å². The van der Waals surface area contributed by atoms with Crippen LogP contribution in [0, 0.1) is 0 Å². The van der Waals surface area contributed by atoms with Gasteiger partial charge in [0.2, 0.25) is 0 Å². The van der Waals surface area contributed by atoms with Gasteiger partial charge in [0.05, 0.1) is 17.4 Å². The number of carboxylic acids is 1. The molecule has 1 aromatic heterocycles. The molecule has 3 N–H and O–H groups in total. The van der Waals surface area contributed by atoms with Gasteiger partial charge in [-0.1, -0.05) is 35.3 Å². The number of ether oxygens (including phenoxy) is 3. The predicted octanol–water partition coefficient (Wildman–Crippen LogP) is 9.24. The number of hydrogen-bond acceptors (Lipinski definition) is 7. The highest BCUT2D eigenvalue weighted by Crippen LogP contribution is 2.31. The fourth-order valence-electron chi connectivity index (χ4n) is 5.34. The summed E-state index contributed by atoms with van der Waals surface area (Å²) in [4.78, 5) is 36.9. The van der Waals surface area contributed by atoms with Crippen LogP contribution < -0.4 is 24.8 Å².